The highest BCUT2D eigenvalue weighted by Crippen LogP contribution is 2.45. The fourth-order valence-corrected chi connectivity index (χ4v) is 5.83. The topological polar surface area (TPSA) is 98.1 Å². The van der Waals surface area contributed by atoms with Gasteiger partial charge in [0.25, 0.3) is 0 Å². The van der Waals surface area contributed by atoms with Crippen molar-refractivity contribution in [3.05, 3.63) is 60.3 Å². The summed E-state index contributed by atoms with van der Waals surface area (Å²) in [6.45, 7) is 8.61. The molecular formula is C28H26N6O2. The molecule has 36 heavy (non-hydrogen) atoms. The van der Waals surface area contributed by atoms with Crippen LogP contribution in [-0.2, 0) is 4.79 Å². The second kappa shape index (κ2) is 8.09. The van der Waals surface area contributed by atoms with Gasteiger partial charge in [-0.2, -0.15) is 10.4 Å². The van der Waals surface area contributed by atoms with Crippen LogP contribution in [-0.4, -0.2) is 59.3 Å². The number of carbonyl (C=O) groups excluding carboxylic acids is 1. The van der Waals surface area contributed by atoms with Crippen molar-refractivity contribution in [3.63, 3.8) is 0 Å². The fourth-order valence-electron chi connectivity index (χ4n) is 5.83. The first-order valence-corrected chi connectivity index (χ1v) is 12.0. The number of H-pyrrole nitrogens is 1. The van der Waals surface area contributed by atoms with Crippen LogP contribution in [0.2, 0.25) is 0 Å². The highest BCUT2D eigenvalue weighted by Gasteiger charge is 2.49. The lowest BCUT2D eigenvalue weighted by Gasteiger charge is -2.47. The third-order valence-electron chi connectivity index (χ3n) is 7.65. The average molecular weight is 479 g/mol. The van der Waals surface area contributed by atoms with Crippen LogP contribution in [0.25, 0.3) is 32.9 Å². The van der Waals surface area contributed by atoms with Crippen LogP contribution in [0.3, 0.4) is 0 Å². The van der Waals surface area contributed by atoms with Gasteiger partial charge in [-0.3, -0.25) is 9.89 Å². The lowest BCUT2D eigenvalue weighted by molar-refractivity contribution is -0.136. The zero-order valence-corrected chi connectivity index (χ0v) is 20.3. The summed E-state index contributed by atoms with van der Waals surface area (Å²) in [5, 5.41) is 19.7. The number of carbonyl (C=O) groups is 1. The van der Waals surface area contributed by atoms with Gasteiger partial charge in [0, 0.05) is 54.0 Å². The van der Waals surface area contributed by atoms with Gasteiger partial charge in [-0.05, 0) is 48.7 Å². The second-order valence-corrected chi connectivity index (χ2v) is 9.84. The van der Waals surface area contributed by atoms with E-state index in [-0.39, 0.29) is 11.3 Å². The number of pyridine rings is 1. The molecule has 0 bridgehead atoms. The van der Waals surface area contributed by atoms with Gasteiger partial charge in [0.15, 0.2) is 0 Å². The molecule has 1 amide bonds. The number of fused-ring (bicyclic) bond motifs is 2. The molecule has 0 atom stereocenters. The Morgan fingerprint density at radius 3 is 2.81 bits per heavy atom. The molecule has 1 N–H and O–H groups in total. The highest BCUT2D eigenvalue weighted by molar-refractivity contribution is 6.08. The first kappa shape index (κ1) is 22.1. The van der Waals surface area contributed by atoms with Gasteiger partial charge in [-0.25, -0.2) is 4.98 Å². The molecule has 2 aliphatic rings. The number of ether oxygens (including phenoxy) is 1. The van der Waals surface area contributed by atoms with Crippen molar-refractivity contribution >= 4 is 33.5 Å². The van der Waals surface area contributed by atoms with Crippen LogP contribution >= 0.6 is 0 Å². The number of methoxy groups -OCH3 is 1. The van der Waals surface area contributed by atoms with E-state index >= 15 is 0 Å². The van der Waals surface area contributed by atoms with E-state index in [4.69, 9.17) is 9.72 Å². The Bertz CT molecular complexity index is 1590. The van der Waals surface area contributed by atoms with E-state index in [1.165, 1.54) is 6.08 Å². The van der Waals surface area contributed by atoms with Crippen molar-refractivity contribution < 1.29 is 9.53 Å². The van der Waals surface area contributed by atoms with Gasteiger partial charge in [0.1, 0.15) is 23.2 Å². The molecular weight excluding hydrogens is 452 g/mol. The van der Waals surface area contributed by atoms with E-state index in [1.54, 1.807) is 7.11 Å². The monoisotopic (exact) mass is 478 g/mol. The normalized spacial score (nSPS) is 16.4. The quantitative estimate of drug-likeness (QED) is 0.442. The molecule has 2 aromatic carbocycles. The number of aromatic nitrogens is 3. The van der Waals surface area contributed by atoms with Crippen LogP contribution in [0, 0.1) is 23.7 Å². The molecule has 1 spiro atoms. The molecule has 0 aliphatic carbocycles. The smallest absolute Gasteiger partial charge is 0.245 e. The van der Waals surface area contributed by atoms with Gasteiger partial charge in [0.05, 0.1) is 24.3 Å². The Hall–Kier alpha value is -4.38. The summed E-state index contributed by atoms with van der Waals surface area (Å²) in [6, 6.07) is 12.4. The molecule has 2 aliphatic heterocycles. The average Bonchev–Trinajstić information content (AvgIpc) is 3.54. The van der Waals surface area contributed by atoms with Gasteiger partial charge < -0.3 is 14.5 Å². The Labute approximate surface area is 208 Å². The van der Waals surface area contributed by atoms with Crippen LogP contribution < -0.4 is 9.64 Å². The number of hydrogen-bond acceptors (Lipinski definition) is 6. The molecule has 8 heteroatoms. The minimum Gasteiger partial charge on any atom is -0.497 e. The molecule has 0 radical (unpaired) electrons. The van der Waals surface area contributed by atoms with Crippen LogP contribution in [0.5, 0.6) is 5.75 Å². The van der Waals surface area contributed by atoms with Crippen LogP contribution in [0.15, 0.2) is 49.2 Å². The van der Waals surface area contributed by atoms with Gasteiger partial charge >= 0.3 is 0 Å². The number of amides is 1. The molecule has 4 heterocycles. The number of nitrogens with zero attached hydrogens (tertiary/aromatic N) is 5. The Balaban J connectivity index is 1.54. The third kappa shape index (κ3) is 3.23. The number of hydrogen-bond donors (Lipinski definition) is 1. The predicted molar refractivity (Wildman–Crippen MR) is 139 cm³/mol. The summed E-state index contributed by atoms with van der Waals surface area (Å²) < 4.78 is 5.50. The standard InChI is InChI=1S/C28H26N6O2/c1-4-24(35)34-15-28(16-34)9-10-33(14-28)27-20(12-29)26(19-7-6-18(36-3)11-23(19)31-27)25-17(2)5-8-22-21(25)13-30-32-22/h4-8,11,13H,1,9-10,14-16H2,2-3H3,(H,30,32). The number of nitrogens with one attached hydrogen (secondary N) is 1. The summed E-state index contributed by atoms with van der Waals surface area (Å²) in [5.74, 6) is 1.36. The van der Waals surface area contributed by atoms with Crippen LogP contribution in [0.1, 0.15) is 17.5 Å². The number of anilines is 1. The second-order valence-electron chi connectivity index (χ2n) is 9.84. The first-order chi connectivity index (χ1) is 17.5. The highest BCUT2D eigenvalue weighted by atomic mass is 16.5. The molecule has 180 valence electrons. The van der Waals surface area contributed by atoms with Crippen molar-refractivity contribution in [2.24, 2.45) is 5.41 Å². The molecule has 4 aromatic rings. The van der Waals surface area contributed by atoms with Gasteiger partial charge in [-0.15, -0.1) is 0 Å². The van der Waals surface area contributed by atoms with E-state index in [2.05, 4.69) is 40.7 Å². The van der Waals surface area contributed by atoms with E-state index < -0.39 is 0 Å². The maximum absolute atomic E-state index is 12.0. The van der Waals surface area contributed by atoms with Crippen molar-refractivity contribution in [2.45, 2.75) is 13.3 Å². The van der Waals surface area contributed by atoms with Gasteiger partial charge in [-0.1, -0.05) is 12.6 Å². The lowest BCUT2D eigenvalue weighted by atomic mass is 9.79. The van der Waals surface area contributed by atoms with Crippen molar-refractivity contribution in [3.8, 4) is 22.9 Å². The van der Waals surface area contributed by atoms with Crippen molar-refractivity contribution in [1.82, 2.24) is 20.1 Å². The number of aromatic amines is 1. The fraction of sp³-hybridized carbons (Fsp3) is 0.286. The Kier molecular flexibility index (Phi) is 4.97. The van der Waals surface area contributed by atoms with Crippen molar-refractivity contribution in [2.75, 3.05) is 38.2 Å². The lowest BCUT2D eigenvalue weighted by Crippen LogP contribution is -2.59. The predicted octanol–water partition coefficient (Wildman–Crippen LogP) is 4.19. The summed E-state index contributed by atoms with van der Waals surface area (Å²) in [7, 11) is 1.64. The Morgan fingerprint density at radius 1 is 1.22 bits per heavy atom. The summed E-state index contributed by atoms with van der Waals surface area (Å²) in [5.41, 5.74) is 5.18. The maximum Gasteiger partial charge on any atom is 0.245 e. The Morgan fingerprint density at radius 2 is 2.06 bits per heavy atom. The van der Waals surface area contributed by atoms with E-state index in [9.17, 15) is 10.1 Å². The van der Waals surface area contributed by atoms with Crippen molar-refractivity contribution in [1.29, 1.82) is 5.26 Å². The van der Waals surface area contributed by atoms with E-state index in [0.29, 0.717) is 30.2 Å². The number of aryl methyl sites for hydroxylation is 1. The SMILES string of the molecule is C=CC(=O)N1CC2(CCN(c3nc4cc(OC)ccc4c(-c4c(C)ccc5[nH]ncc45)c3C#N)C2)C1. The number of nitriles is 1. The molecule has 0 unspecified atom stereocenters. The molecule has 0 saturated carbocycles. The summed E-state index contributed by atoms with van der Waals surface area (Å²) >= 11 is 0. The van der Waals surface area contributed by atoms with Crippen LogP contribution in [0.4, 0.5) is 5.82 Å². The number of likely N-dealkylation sites (tertiary alicyclic amines) is 1. The summed E-state index contributed by atoms with van der Waals surface area (Å²) in [4.78, 5) is 21.1. The zero-order valence-electron chi connectivity index (χ0n) is 20.3. The molecule has 6 rings (SSSR count). The van der Waals surface area contributed by atoms with Gasteiger partial charge in [0.2, 0.25) is 5.91 Å². The molecule has 2 aromatic heterocycles. The maximum atomic E-state index is 12.0. The summed E-state index contributed by atoms with van der Waals surface area (Å²) in [6.07, 6.45) is 4.14. The van der Waals surface area contributed by atoms with E-state index in [0.717, 1.165) is 58.0 Å². The molecule has 8 nitrogen and oxygen atoms in total. The minimum absolute atomic E-state index is 0.0249. The van der Waals surface area contributed by atoms with E-state index in [1.807, 2.05) is 35.4 Å². The third-order valence-corrected chi connectivity index (χ3v) is 7.65. The number of benzene rings is 2. The molecule has 2 saturated heterocycles. The minimum atomic E-state index is -0.0290. The zero-order chi connectivity index (χ0) is 25.0. The largest absolute Gasteiger partial charge is 0.497 e. The number of rotatable bonds is 4. The first-order valence-electron chi connectivity index (χ1n) is 12.0. The molecule has 2 fully saturated rings.